The first-order chi connectivity index (χ1) is 15.7. The zero-order valence-corrected chi connectivity index (χ0v) is 17.1. The zero-order valence-electron chi connectivity index (χ0n) is 17.1. The van der Waals surface area contributed by atoms with Gasteiger partial charge in [-0.1, -0.05) is 78.0 Å². The Morgan fingerprint density at radius 3 is 2.00 bits per heavy atom. The second kappa shape index (κ2) is 8.51. The van der Waals surface area contributed by atoms with E-state index in [9.17, 15) is 9.59 Å². The maximum Gasteiger partial charge on any atom is 0.339 e. The van der Waals surface area contributed by atoms with E-state index in [2.05, 4.69) is 5.16 Å². The highest BCUT2D eigenvalue weighted by Crippen LogP contribution is 2.22. The van der Waals surface area contributed by atoms with Crippen LogP contribution in [0.5, 0.6) is 0 Å². The van der Waals surface area contributed by atoms with E-state index < -0.39 is 18.0 Å². The number of rotatable bonds is 5. The molecule has 1 heterocycles. The molecule has 4 aromatic rings. The highest BCUT2D eigenvalue weighted by molar-refractivity contribution is 6.07. The van der Waals surface area contributed by atoms with Gasteiger partial charge in [-0.15, -0.1) is 0 Å². The summed E-state index contributed by atoms with van der Waals surface area (Å²) < 4.78 is 11.1. The maximum absolute atomic E-state index is 12.8. The van der Waals surface area contributed by atoms with Gasteiger partial charge in [-0.05, 0) is 33.7 Å². The minimum absolute atomic E-state index is 0.0810. The van der Waals surface area contributed by atoms with Crippen molar-refractivity contribution in [2.24, 2.45) is 5.16 Å². The molecule has 4 aromatic carbocycles. The van der Waals surface area contributed by atoms with Crippen molar-refractivity contribution in [1.82, 2.24) is 0 Å². The number of fused-ring (bicyclic) bond motifs is 2. The van der Waals surface area contributed by atoms with Crippen molar-refractivity contribution < 1.29 is 23.9 Å². The van der Waals surface area contributed by atoms with Gasteiger partial charge in [0, 0.05) is 0 Å². The largest absolute Gasteiger partial charge is 0.456 e. The molecule has 1 aliphatic rings. The molecule has 0 saturated carbocycles. The van der Waals surface area contributed by atoms with Crippen molar-refractivity contribution in [3.05, 3.63) is 96.1 Å². The molecule has 0 saturated heterocycles. The van der Waals surface area contributed by atoms with E-state index in [1.807, 2.05) is 72.8 Å². The smallest absolute Gasteiger partial charge is 0.339 e. The molecular formula is C26H19NO5. The van der Waals surface area contributed by atoms with Crippen LogP contribution in [0, 0.1) is 0 Å². The third-order valence-corrected chi connectivity index (χ3v) is 5.40. The number of hydrogen-bond donors (Lipinski definition) is 0. The molecule has 1 aliphatic heterocycles. The average Bonchev–Trinajstić information content (AvgIpc) is 3.28. The fourth-order valence-corrected chi connectivity index (χ4v) is 3.78. The Balaban J connectivity index is 1.28. The molecule has 0 bridgehead atoms. The lowest BCUT2D eigenvalue weighted by Crippen LogP contribution is -2.31. The van der Waals surface area contributed by atoms with Crippen molar-refractivity contribution in [2.45, 2.75) is 6.10 Å². The molecule has 0 N–H and O–H groups in total. The molecule has 1 atom stereocenters. The van der Waals surface area contributed by atoms with Gasteiger partial charge < -0.3 is 14.3 Å². The highest BCUT2D eigenvalue weighted by atomic mass is 16.7. The number of carbonyl (C=O) groups is 2. The number of carbonyl (C=O) groups excluding carboxylic acids is 2. The Labute approximate surface area is 184 Å². The Morgan fingerprint density at radius 1 is 0.781 bits per heavy atom. The third kappa shape index (κ3) is 3.78. The van der Waals surface area contributed by atoms with Crippen LogP contribution in [0.25, 0.3) is 21.5 Å². The summed E-state index contributed by atoms with van der Waals surface area (Å²) in [4.78, 5) is 30.6. The molecule has 32 heavy (non-hydrogen) atoms. The molecule has 158 valence electrons. The Kier molecular flexibility index (Phi) is 5.25. The number of nitrogens with zero attached hydrogens (tertiary/aromatic N) is 1. The molecule has 0 spiro atoms. The first kappa shape index (κ1) is 19.8. The van der Waals surface area contributed by atoms with Gasteiger partial charge in [-0.25, -0.2) is 9.59 Å². The lowest BCUT2D eigenvalue weighted by atomic mass is 10.0. The van der Waals surface area contributed by atoms with E-state index in [-0.39, 0.29) is 13.2 Å². The summed E-state index contributed by atoms with van der Waals surface area (Å²) in [6.07, 6.45) is -0.721. The van der Waals surface area contributed by atoms with Crippen LogP contribution in [0.4, 0.5) is 0 Å². The van der Waals surface area contributed by atoms with Crippen molar-refractivity contribution in [2.75, 3.05) is 13.2 Å². The van der Waals surface area contributed by atoms with Crippen LogP contribution in [0.1, 0.15) is 20.7 Å². The Morgan fingerprint density at radius 2 is 1.34 bits per heavy atom. The standard InChI is InChI=1S/C26H19NO5/c28-25(21-13-5-9-17-7-1-3-11-19(17)21)30-15-23-24(16-31-27-23)32-26(29)22-14-6-10-18-8-2-4-12-20(18)22/h1-14,24H,15-16H2. The van der Waals surface area contributed by atoms with Crippen LogP contribution in [-0.2, 0) is 14.3 Å². The van der Waals surface area contributed by atoms with Crippen LogP contribution >= 0.6 is 0 Å². The summed E-state index contributed by atoms with van der Waals surface area (Å²) in [6, 6.07) is 26.1. The van der Waals surface area contributed by atoms with Gasteiger partial charge in [0.15, 0.2) is 12.7 Å². The number of hydrogen-bond acceptors (Lipinski definition) is 6. The van der Waals surface area contributed by atoms with Crippen LogP contribution in [-0.4, -0.2) is 37.0 Å². The predicted molar refractivity (Wildman–Crippen MR) is 121 cm³/mol. The SMILES string of the molecule is O=C(OCC1=NOCC1OC(=O)c1cccc2ccccc12)c1cccc2ccccc12. The molecule has 0 radical (unpaired) electrons. The molecule has 0 aromatic heterocycles. The van der Waals surface area contributed by atoms with E-state index in [0.29, 0.717) is 16.8 Å². The van der Waals surface area contributed by atoms with Crippen LogP contribution in [0.2, 0.25) is 0 Å². The van der Waals surface area contributed by atoms with Crippen molar-refractivity contribution >= 4 is 39.2 Å². The van der Waals surface area contributed by atoms with Crippen LogP contribution in [0.15, 0.2) is 90.1 Å². The summed E-state index contributed by atoms with van der Waals surface area (Å²) in [6.45, 7) is -0.0484. The lowest BCUT2D eigenvalue weighted by molar-refractivity contribution is 0.0287. The molecular weight excluding hydrogens is 406 g/mol. The summed E-state index contributed by atoms with van der Waals surface area (Å²) >= 11 is 0. The minimum atomic E-state index is -0.721. The summed E-state index contributed by atoms with van der Waals surface area (Å²) in [5.74, 6) is -0.957. The van der Waals surface area contributed by atoms with E-state index in [1.165, 1.54) is 0 Å². The maximum atomic E-state index is 12.8. The molecule has 0 amide bonds. The molecule has 6 heteroatoms. The molecule has 6 nitrogen and oxygen atoms in total. The van der Waals surface area contributed by atoms with Crippen molar-refractivity contribution in [3.63, 3.8) is 0 Å². The van der Waals surface area contributed by atoms with Gasteiger partial charge in [-0.3, -0.25) is 0 Å². The zero-order chi connectivity index (χ0) is 21.9. The summed E-state index contributed by atoms with van der Waals surface area (Å²) in [5.41, 5.74) is 1.28. The molecule has 0 fully saturated rings. The fourth-order valence-electron chi connectivity index (χ4n) is 3.78. The van der Waals surface area contributed by atoms with E-state index in [1.54, 1.807) is 12.1 Å². The first-order valence-electron chi connectivity index (χ1n) is 10.2. The van der Waals surface area contributed by atoms with Gasteiger partial charge in [0.05, 0.1) is 11.1 Å². The average molecular weight is 425 g/mol. The summed E-state index contributed by atoms with van der Waals surface area (Å²) in [7, 11) is 0. The van der Waals surface area contributed by atoms with E-state index >= 15 is 0 Å². The summed E-state index contributed by atoms with van der Waals surface area (Å²) in [5, 5.41) is 7.43. The first-order valence-corrected chi connectivity index (χ1v) is 10.2. The number of oxime groups is 1. The van der Waals surface area contributed by atoms with Crippen LogP contribution < -0.4 is 0 Å². The predicted octanol–water partition coefficient (Wildman–Crippen LogP) is 4.76. The van der Waals surface area contributed by atoms with Gasteiger partial charge in [0.25, 0.3) is 0 Å². The fraction of sp³-hybridized carbons (Fsp3) is 0.115. The quantitative estimate of drug-likeness (QED) is 0.431. The Hall–Kier alpha value is -4.19. The van der Waals surface area contributed by atoms with Crippen molar-refractivity contribution in [1.29, 1.82) is 0 Å². The number of ether oxygens (including phenoxy) is 2. The number of benzene rings is 4. The monoisotopic (exact) mass is 425 g/mol. The van der Waals surface area contributed by atoms with Gasteiger partial charge in [0.2, 0.25) is 0 Å². The van der Waals surface area contributed by atoms with Gasteiger partial charge >= 0.3 is 11.9 Å². The van der Waals surface area contributed by atoms with Crippen molar-refractivity contribution in [3.8, 4) is 0 Å². The normalized spacial score (nSPS) is 15.2. The van der Waals surface area contributed by atoms with E-state index in [4.69, 9.17) is 14.3 Å². The Bertz CT molecular complexity index is 1350. The minimum Gasteiger partial charge on any atom is -0.456 e. The molecule has 5 rings (SSSR count). The lowest BCUT2D eigenvalue weighted by Gasteiger charge is -2.14. The topological polar surface area (TPSA) is 74.2 Å². The molecule has 1 unspecified atom stereocenters. The third-order valence-electron chi connectivity index (χ3n) is 5.40. The highest BCUT2D eigenvalue weighted by Gasteiger charge is 2.29. The van der Waals surface area contributed by atoms with Gasteiger partial charge in [-0.2, -0.15) is 0 Å². The number of esters is 2. The molecule has 0 aliphatic carbocycles. The van der Waals surface area contributed by atoms with Crippen LogP contribution in [0.3, 0.4) is 0 Å². The second-order valence-electron chi connectivity index (χ2n) is 7.40. The van der Waals surface area contributed by atoms with Gasteiger partial charge in [0.1, 0.15) is 12.3 Å². The second-order valence-corrected chi connectivity index (χ2v) is 7.40. The van der Waals surface area contributed by atoms with E-state index in [0.717, 1.165) is 21.5 Å².